The minimum absolute atomic E-state index is 0. The number of amides is 4. The van der Waals surface area contributed by atoms with Gasteiger partial charge in [0.1, 0.15) is 18.7 Å². The van der Waals surface area contributed by atoms with Crippen LogP contribution in [0, 0.1) is 0 Å². The molecule has 220 valence electrons. The van der Waals surface area contributed by atoms with Crippen molar-refractivity contribution in [2.24, 2.45) is 0 Å². The first-order chi connectivity index (χ1) is 20.0. The van der Waals surface area contributed by atoms with Crippen molar-refractivity contribution in [3.8, 4) is 0 Å². The van der Waals surface area contributed by atoms with Crippen LogP contribution in [-0.2, 0) is 40.8 Å². The third kappa shape index (κ3) is 8.19. The smallest absolute Gasteiger partial charge is 0.731 e. The van der Waals surface area contributed by atoms with Crippen LogP contribution in [0.25, 0.3) is 0 Å². The standard InChI is InChI=1S/C28H28N4O9S.Na/c1-40-28(18-32(26(28)35)42(37,38)39)31-25(34)23(21-15-9-4-10-16-21)29-24(33)22(20-13-7-3-8-14-20)30-27(36)41-17-19-11-5-2-6-12-19;/h2-16,22-23H,17-18H2,1H3,(H,29,33)(H,30,36)(H,31,34)(H,37,38,39);/q;+1/p-1/t22-,23-,28?;/m1./s1. The Kier molecular flexibility index (Phi) is 11.4. The van der Waals surface area contributed by atoms with Gasteiger partial charge in [0.25, 0.3) is 5.91 Å². The normalized spacial score (nSPS) is 17.3. The number of methoxy groups -OCH3 is 1. The Morgan fingerprint density at radius 2 is 1.35 bits per heavy atom. The van der Waals surface area contributed by atoms with Crippen LogP contribution in [0.4, 0.5) is 4.79 Å². The molecule has 0 aliphatic carbocycles. The van der Waals surface area contributed by atoms with Gasteiger partial charge in [0, 0.05) is 7.11 Å². The van der Waals surface area contributed by atoms with Crippen molar-refractivity contribution in [2.45, 2.75) is 24.4 Å². The maximum absolute atomic E-state index is 13.6. The molecule has 43 heavy (non-hydrogen) atoms. The summed E-state index contributed by atoms with van der Waals surface area (Å²) in [6, 6.07) is 22.4. The zero-order valence-electron chi connectivity index (χ0n) is 23.3. The van der Waals surface area contributed by atoms with E-state index in [-0.39, 0.29) is 40.5 Å². The Balaban J connectivity index is 0.00000506. The number of alkyl carbamates (subject to hydrolysis) is 1. The van der Waals surface area contributed by atoms with E-state index in [1.807, 2.05) is 6.07 Å². The Bertz CT molecular complexity index is 1550. The molecule has 15 heteroatoms. The molecule has 0 saturated carbocycles. The quantitative estimate of drug-likeness (QED) is 0.0974. The van der Waals surface area contributed by atoms with Gasteiger partial charge in [-0.1, -0.05) is 91.0 Å². The van der Waals surface area contributed by atoms with Crippen molar-refractivity contribution < 1.29 is 71.2 Å². The van der Waals surface area contributed by atoms with Crippen LogP contribution in [0.15, 0.2) is 91.0 Å². The van der Waals surface area contributed by atoms with Crippen molar-refractivity contribution in [1.29, 1.82) is 0 Å². The second-order valence-electron chi connectivity index (χ2n) is 9.19. The van der Waals surface area contributed by atoms with Crippen molar-refractivity contribution in [3.05, 3.63) is 108 Å². The van der Waals surface area contributed by atoms with E-state index in [0.717, 1.165) is 12.7 Å². The molecule has 1 heterocycles. The summed E-state index contributed by atoms with van der Waals surface area (Å²) in [7, 11) is -4.06. The Labute approximate surface area is 270 Å². The first-order valence-electron chi connectivity index (χ1n) is 12.6. The summed E-state index contributed by atoms with van der Waals surface area (Å²) in [5, 5.41) is 7.41. The van der Waals surface area contributed by atoms with Gasteiger partial charge in [0.15, 0.2) is 10.3 Å². The molecule has 4 rings (SSSR count). The topological polar surface area (TPSA) is 183 Å². The van der Waals surface area contributed by atoms with Crippen LogP contribution in [0.2, 0.25) is 0 Å². The molecule has 3 atom stereocenters. The largest absolute Gasteiger partial charge is 1.00 e. The van der Waals surface area contributed by atoms with E-state index in [1.165, 1.54) is 0 Å². The number of hydrogen-bond acceptors (Lipinski definition) is 9. The number of nitrogens with one attached hydrogen (secondary N) is 3. The Morgan fingerprint density at radius 1 is 0.860 bits per heavy atom. The van der Waals surface area contributed by atoms with E-state index in [2.05, 4.69) is 16.0 Å². The number of ether oxygens (including phenoxy) is 2. The average molecular weight is 619 g/mol. The fourth-order valence-corrected chi connectivity index (χ4v) is 4.89. The average Bonchev–Trinajstić information content (AvgIpc) is 2.99. The van der Waals surface area contributed by atoms with E-state index >= 15 is 0 Å². The molecule has 4 amide bonds. The van der Waals surface area contributed by atoms with Gasteiger partial charge in [-0.15, -0.1) is 0 Å². The summed E-state index contributed by atoms with van der Waals surface area (Å²) in [4.78, 5) is 52.3. The second-order valence-corrected chi connectivity index (χ2v) is 10.5. The van der Waals surface area contributed by atoms with E-state index in [4.69, 9.17) is 9.47 Å². The molecule has 1 fully saturated rings. The molecule has 0 spiro atoms. The molecule has 3 aromatic carbocycles. The molecular weight excluding hydrogens is 591 g/mol. The van der Waals surface area contributed by atoms with Crippen LogP contribution in [0.1, 0.15) is 28.8 Å². The summed E-state index contributed by atoms with van der Waals surface area (Å²) in [6.07, 6.45) is -0.888. The van der Waals surface area contributed by atoms with Crippen molar-refractivity contribution >= 4 is 34.1 Å². The minimum Gasteiger partial charge on any atom is -0.731 e. The van der Waals surface area contributed by atoms with E-state index < -0.39 is 58.5 Å². The molecule has 1 aliphatic rings. The minimum atomic E-state index is -5.12. The second kappa shape index (κ2) is 14.6. The van der Waals surface area contributed by atoms with Gasteiger partial charge in [-0.25, -0.2) is 17.5 Å². The zero-order chi connectivity index (χ0) is 30.3. The van der Waals surface area contributed by atoms with E-state index in [9.17, 15) is 32.1 Å². The summed E-state index contributed by atoms with van der Waals surface area (Å²) in [5.41, 5.74) is -0.717. The van der Waals surface area contributed by atoms with E-state index in [0.29, 0.717) is 11.1 Å². The van der Waals surface area contributed by atoms with Crippen LogP contribution in [0.5, 0.6) is 0 Å². The van der Waals surface area contributed by atoms with Crippen LogP contribution in [0.3, 0.4) is 0 Å². The zero-order valence-corrected chi connectivity index (χ0v) is 26.1. The number of carbonyl (C=O) groups excluding carboxylic acids is 4. The molecular formula is C28H27N4NaO9S. The maximum atomic E-state index is 13.6. The predicted octanol–water partition coefficient (Wildman–Crippen LogP) is -1.72. The van der Waals surface area contributed by atoms with Gasteiger partial charge < -0.3 is 30.0 Å². The van der Waals surface area contributed by atoms with Crippen molar-refractivity contribution in [3.63, 3.8) is 0 Å². The number of nitrogens with zero attached hydrogens (tertiary/aromatic N) is 1. The summed E-state index contributed by atoms with van der Waals surface area (Å²) < 4.78 is 44.3. The number of hydrogen-bond donors (Lipinski definition) is 3. The molecule has 0 bridgehead atoms. The molecule has 13 nitrogen and oxygen atoms in total. The fraction of sp³-hybridized carbons (Fsp3) is 0.214. The SMILES string of the molecule is COC1(NC(=O)[C@H](NC(=O)[C@H](NC(=O)OCc2ccccc2)c2ccccc2)c2ccccc2)CN(S(=O)(=O)[O-])C1=O.[Na+]. The van der Waals surface area contributed by atoms with Gasteiger partial charge in [0.05, 0.1) is 6.54 Å². The molecule has 1 saturated heterocycles. The van der Waals surface area contributed by atoms with Crippen molar-refractivity contribution in [1.82, 2.24) is 20.3 Å². The summed E-state index contributed by atoms with van der Waals surface area (Å²) in [5.74, 6) is -3.01. The number of benzene rings is 3. The molecule has 1 unspecified atom stereocenters. The predicted molar refractivity (Wildman–Crippen MR) is 146 cm³/mol. The van der Waals surface area contributed by atoms with Gasteiger partial charge in [-0.2, -0.15) is 0 Å². The number of carbonyl (C=O) groups is 4. The van der Waals surface area contributed by atoms with Gasteiger partial charge in [0.2, 0.25) is 17.5 Å². The Morgan fingerprint density at radius 3 is 1.81 bits per heavy atom. The van der Waals surface area contributed by atoms with Gasteiger partial charge in [-0.3, -0.25) is 14.4 Å². The number of β-lactam (4-membered cyclic amide) rings is 1. The van der Waals surface area contributed by atoms with Gasteiger partial charge in [-0.05, 0) is 16.7 Å². The summed E-state index contributed by atoms with van der Waals surface area (Å²) >= 11 is 0. The number of rotatable bonds is 11. The molecule has 1 aliphatic heterocycles. The maximum Gasteiger partial charge on any atom is 1.00 e. The molecule has 0 aromatic heterocycles. The third-order valence-electron chi connectivity index (χ3n) is 6.43. The first kappa shape index (κ1) is 33.7. The third-order valence-corrected chi connectivity index (χ3v) is 7.27. The van der Waals surface area contributed by atoms with Gasteiger partial charge >= 0.3 is 35.7 Å². The first-order valence-corrected chi connectivity index (χ1v) is 13.9. The molecule has 3 N–H and O–H groups in total. The van der Waals surface area contributed by atoms with Crippen molar-refractivity contribution in [2.75, 3.05) is 13.7 Å². The molecule has 3 aromatic rings. The van der Waals surface area contributed by atoms with E-state index in [1.54, 1.807) is 84.9 Å². The summed E-state index contributed by atoms with van der Waals surface area (Å²) in [6.45, 7) is -0.801. The fourth-order valence-electron chi connectivity index (χ4n) is 4.20. The van der Waals surface area contributed by atoms with Crippen LogP contribution >= 0.6 is 0 Å². The van der Waals surface area contributed by atoms with Crippen LogP contribution < -0.4 is 45.5 Å². The monoisotopic (exact) mass is 618 g/mol. The van der Waals surface area contributed by atoms with Crippen LogP contribution in [-0.4, -0.2) is 60.5 Å². The Hall–Kier alpha value is -3.79. The molecule has 0 radical (unpaired) electrons.